The molecule has 0 spiro atoms. The summed E-state index contributed by atoms with van der Waals surface area (Å²) in [6.45, 7) is 13.5. The van der Waals surface area contributed by atoms with Crippen LogP contribution in [0.25, 0.3) is 0 Å². The third-order valence-corrected chi connectivity index (χ3v) is 10.7. The first-order valence-electron chi connectivity index (χ1n) is 15.9. The average molecular weight is 548 g/mol. The quantitative estimate of drug-likeness (QED) is 0.400. The van der Waals surface area contributed by atoms with Crippen molar-refractivity contribution in [3.63, 3.8) is 0 Å². The summed E-state index contributed by atoms with van der Waals surface area (Å²) in [5.41, 5.74) is 4.48. The molecule has 40 heavy (non-hydrogen) atoms. The smallest absolute Gasteiger partial charge is 0.254 e. The van der Waals surface area contributed by atoms with Gasteiger partial charge in [-0.15, -0.1) is 0 Å². The van der Waals surface area contributed by atoms with Gasteiger partial charge in [-0.05, 0) is 98.7 Å². The Bertz CT molecular complexity index is 1090. The first-order valence-corrected chi connectivity index (χ1v) is 15.9. The Balaban J connectivity index is 0.000000189. The molecule has 3 aliphatic carbocycles. The van der Waals surface area contributed by atoms with Crippen molar-refractivity contribution >= 4 is 5.91 Å². The lowest BCUT2D eigenvalue weighted by molar-refractivity contribution is -0.142. The van der Waals surface area contributed by atoms with Crippen molar-refractivity contribution in [2.45, 2.75) is 122 Å². The van der Waals surface area contributed by atoms with E-state index in [1.54, 1.807) is 12.5 Å². The maximum absolute atomic E-state index is 12.1. The molecule has 220 valence electrons. The second kappa shape index (κ2) is 13.2. The number of carbonyl (C=O) groups is 1. The van der Waals surface area contributed by atoms with Gasteiger partial charge in [0.05, 0.1) is 6.10 Å². The molecule has 1 aromatic rings. The molecular weight excluding hydrogens is 494 g/mol. The van der Waals surface area contributed by atoms with E-state index in [1.807, 2.05) is 23.1 Å². The topological polar surface area (TPSA) is 60.8 Å². The highest BCUT2D eigenvalue weighted by Gasteiger charge is 2.46. The van der Waals surface area contributed by atoms with Crippen LogP contribution in [0.5, 0.6) is 0 Å². The fraction of sp³-hybridized carbons (Fsp3) is 0.639. The molecule has 1 aliphatic heterocycles. The Morgan fingerprint density at radius 3 is 2.52 bits per heavy atom. The van der Waals surface area contributed by atoms with Crippen LogP contribution in [0, 0.1) is 17.3 Å². The average Bonchev–Trinajstić information content (AvgIpc) is 3.17. The number of benzene rings is 1. The van der Waals surface area contributed by atoms with Gasteiger partial charge in [0.25, 0.3) is 5.91 Å². The molecule has 1 aromatic carbocycles. The zero-order valence-corrected chi connectivity index (χ0v) is 25.5. The van der Waals surface area contributed by atoms with Crippen LogP contribution in [0.1, 0.15) is 104 Å². The second-order valence-electron chi connectivity index (χ2n) is 13.4. The number of hydrogen-bond acceptors (Lipinski definition) is 3. The number of likely N-dealkylation sites (tertiary alicyclic amines) is 1. The second-order valence-corrected chi connectivity index (χ2v) is 13.4. The Hall–Kier alpha value is -2.17. The van der Waals surface area contributed by atoms with Crippen molar-refractivity contribution < 1.29 is 15.0 Å². The van der Waals surface area contributed by atoms with E-state index >= 15 is 0 Å². The standard InChI is InChI=1S/C21H32O.C15H21NO2/c1-15-7-4-10-19-18(9-6-14-21(15,19)3)13-12-17-8-5-11-20(22)16(17)2;1-3-13-11-15(2,18)14(17)16(13)10-9-12-7-5-4-6-8-12/h12-13,15,19-20,22H,2,4-11,14H2,1,3H3;4-8,13,18H,3,9-11H2,1-2H3/b17-12-,18-13+;. The molecular formula is C36H53NO3. The summed E-state index contributed by atoms with van der Waals surface area (Å²) in [5.74, 6) is 1.52. The third-order valence-electron chi connectivity index (χ3n) is 10.7. The van der Waals surface area contributed by atoms with E-state index in [-0.39, 0.29) is 18.1 Å². The van der Waals surface area contributed by atoms with Gasteiger partial charge in [0.2, 0.25) is 0 Å². The van der Waals surface area contributed by atoms with Gasteiger partial charge in [-0.3, -0.25) is 4.79 Å². The molecule has 3 saturated carbocycles. The molecule has 1 saturated heterocycles. The van der Waals surface area contributed by atoms with Gasteiger partial charge < -0.3 is 15.1 Å². The predicted octanol–water partition coefficient (Wildman–Crippen LogP) is 7.56. The van der Waals surface area contributed by atoms with E-state index in [4.69, 9.17) is 0 Å². The predicted molar refractivity (Wildman–Crippen MR) is 165 cm³/mol. The zero-order chi connectivity index (χ0) is 28.9. The Kier molecular flexibility index (Phi) is 10.2. The number of allylic oxidation sites excluding steroid dienone is 3. The highest BCUT2D eigenvalue weighted by molar-refractivity contribution is 5.87. The number of aliphatic hydroxyl groups excluding tert-OH is 1. The fourth-order valence-electron chi connectivity index (χ4n) is 7.81. The highest BCUT2D eigenvalue weighted by atomic mass is 16.3. The number of carbonyl (C=O) groups excluding carboxylic acids is 1. The number of rotatable bonds is 5. The van der Waals surface area contributed by atoms with Gasteiger partial charge in [-0.2, -0.15) is 0 Å². The monoisotopic (exact) mass is 547 g/mol. The van der Waals surface area contributed by atoms with Gasteiger partial charge in [-0.1, -0.05) is 88.2 Å². The van der Waals surface area contributed by atoms with Crippen molar-refractivity contribution in [2.75, 3.05) is 6.54 Å². The summed E-state index contributed by atoms with van der Waals surface area (Å²) in [6, 6.07) is 10.3. The third kappa shape index (κ3) is 6.82. The highest BCUT2D eigenvalue weighted by Crippen LogP contribution is 2.55. The van der Waals surface area contributed by atoms with Gasteiger partial charge in [0, 0.05) is 19.0 Å². The lowest BCUT2D eigenvalue weighted by Crippen LogP contribution is -2.41. The van der Waals surface area contributed by atoms with E-state index < -0.39 is 5.60 Å². The van der Waals surface area contributed by atoms with Gasteiger partial charge in [0.15, 0.2) is 0 Å². The summed E-state index contributed by atoms with van der Waals surface area (Å²) in [7, 11) is 0. The molecule has 6 unspecified atom stereocenters. The van der Waals surface area contributed by atoms with Crippen molar-refractivity contribution in [2.24, 2.45) is 17.3 Å². The Labute approximate surface area is 243 Å². The molecule has 1 amide bonds. The molecule has 0 aromatic heterocycles. The van der Waals surface area contributed by atoms with E-state index in [0.29, 0.717) is 18.4 Å². The van der Waals surface area contributed by atoms with Crippen LogP contribution in [0.15, 0.2) is 65.8 Å². The molecule has 4 nitrogen and oxygen atoms in total. The normalized spacial score (nSPS) is 36.4. The van der Waals surface area contributed by atoms with Crippen LogP contribution < -0.4 is 0 Å². The molecule has 0 radical (unpaired) electrons. The van der Waals surface area contributed by atoms with Gasteiger partial charge in [-0.25, -0.2) is 0 Å². The summed E-state index contributed by atoms with van der Waals surface area (Å²) in [4.78, 5) is 13.9. The summed E-state index contributed by atoms with van der Waals surface area (Å²) in [5, 5.41) is 20.0. The minimum atomic E-state index is -1.17. The number of aliphatic hydroxyl groups is 2. The minimum Gasteiger partial charge on any atom is -0.388 e. The van der Waals surface area contributed by atoms with Crippen LogP contribution in [-0.4, -0.2) is 45.3 Å². The number of hydrogen-bond donors (Lipinski definition) is 2. The van der Waals surface area contributed by atoms with Crippen LogP contribution in [-0.2, 0) is 11.2 Å². The maximum Gasteiger partial charge on any atom is 0.254 e. The van der Waals surface area contributed by atoms with E-state index in [1.165, 1.54) is 49.7 Å². The van der Waals surface area contributed by atoms with Crippen molar-refractivity contribution in [3.05, 3.63) is 71.3 Å². The molecule has 6 atom stereocenters. The molecule has 1 heterocycles. The lowest BCUT2D eigenvalue weighted by atomic mass is 9.54. The van der Waals surface area contributed by atoms with Gasteiger partial charge in [0.1, 0.15) is 5.60 Å². The van der Waals surface area contributed by atoms with E-state index in [2.05, 4.69) is 51.6 Å². The van der Waals surface area contributed by atoms with Crippen molar-refractivity contribution in [1.82, 2.24) is 4.90 Å². The fourth-order valence-corrected chi connectivity index (χ4v) is 7.81. The van der Waals surface area contributed by atoms with Crippen molar-refractivity contribution in [3.8, 4) is 0 Å². The van der Waals surface area contributed by atoms with Crippen LogP contribution >= 0.6 is 0 Å². The number of fused-ring (bicyclic) bond motifs is 1. The number of nitrogens with zero attached hydrogens (tertiary/aromatic N) is 1. The maximum atomic E-state index is 12.1. The van der Waals surface area contributed by atoms with Crippen LogP contribution in [0.2, 0.25) is 0 Å². The van der Waals surface area contributed by atoms with Crippen LogP contribution in [0.3, 0.4) is 0 Å². The molecule has 4 heteroatoms. The lowest BCUT2D eigenvalue weighted by Gasteiger charge is -2.50. The molecule has 4 aliphatic rings. The van der Waals surface area contributed by atoms with E-state index in [9.17, 15) is 15.0 Å². The van der Waals surface area contributed by atoms with Crippen molar-refractivity contribution in [1.29, 1.82) is 0 Å². The summed E-state index contributed by atoms with van der Waals surface area (Å²) >= 11 is 0. The molecule has 5 rings (SSSR count). The SMILES string of the molecule is C=C1/C(=C\C=C2/CCCC3(C)C(C)CCCC23)CCCC1O.CCC1CC(C)(O)C(=O)N1CCc1ccccc1. The molecule has 4 fully saturated rings. The molecule has 0 bridgehead atoms. The minimum absolute atomic E-state index is 0.120. The number of amides is 1. The van der Waals surface area contributed by atoms with Gasteiger partial charge >= 0.3 is 0 Å². The Morgan fingerprint density at radius 2 is 1.80 bits per heavy atom. The zero-order valence-electron chi connectivity index (χ0n) is 25.5. The Morgan fingerprint density at radius 1 is 1.05 bits per heavy atom. The largest absolute Gasteiger partial charge is 0.388 e. The van der Waals surface area contributed by atoms with Crippen LogP contribution in [0.4, 0.5) is 0 Å². The first kappa shape index (κ1) is 30.8. The summed E-state index contributed by atoms with van der Waals surface area (Å²) in [6.07, 6.45) is 17.9. The molecule has 2 N–H and O–H groups in total. The first-order chi connectivity index (χ1) is 19.1. The summed E-state index contributed by atoms with van der Waals surface area (Å²) < 4.78 is 0. The van der Waals surface area contributed by atoms with E-state index in [0.717, 1.165) is 49.5 Å².